The maximum atomic E-state index is 7.77. The molecule has 0 spiro atoms. The van der Waals surface area contributed by atoms with Crippen molar-refractivity contribution in [2.45, 2.75) is 0 Å². The first-order valence-electron chi connectivity index (χ1n) is 10.8. The minimum absolute atomic E-state index is 0.441. The molecular weight excluding hydrogens is 479 g/mol. The second-order valence-electron chi connectivity index (χ2n) is 8.34. The zero-order chi connectivity index (χ0) is 23.9. The van der Waals surface area contributed by atoms with Crippen LogP contribution in [0.25, 0.3) is 0 Å². The van der Waals surface area contributed by atoms with Gasteiger partial charge in [0, 0.05) is 0 Å². The van der Waals surface area contributed by atoms with Gasteiger partial charge in [-0.25, -0.2) is 0 Å². The monoisotopic (exact) mass is 507 g/mol. The zero-order valence-electron chi connectivity index (χ0n) is 18.5. The summed E-state index contributed by atoms with van der Waals surface area (Å²) < 4.78 is 8.37. The van der Waals surface area contributed by atoms with E-state index in [9.17, 15) is 0 Å². The maximum absolute atomic E-state index is 7.77. The van der Waals surface area contributed by atoms with Crippen molar-refractivity contribution < 1.29 is 0 Å². The van der Waals surface area contributed by atoms with Gasteiger partial charge in [-0.05, 0) is 0 Å². The number of rotatable bonds is 4. The first-order chi connectivity index (χ1) is 16.3. The van der Waals surface area contributed by atoms with Gasteiger partial charge in [-0.2, -0.15) is 0 Å². The van der Waals surface area contributed by atoms with Gasteiger partial charge < -0.3 is 0 Å². The molecule has 0 unspecified atom stereocenters. The van der Waals surface area contributed by atoms with Gasteiger partial charge in [-0.15, -0.1) is 0 Å². The Kier molecular flexibility index (Phi) is 5.55. The Morgan fingerprint density at radius 1 is 0.529 bits per heavy atom. The van der Waals surface area contributed by atoms with E-state index < -0.39 is 14.1 Å². The van der Waals surface area contributed by atoms with Crippen LogP contribution in [0.2, 0.25) is 0 Å². The molecule has 0 fully saturated rings. The van der Waals surface area contributed by atoms with Crippen LogP contribution in [-0.4, -0.2) is 9.10 Å². The Labute approximate surface area is 201 Å². The van der Waals surface area contributed by atoms with Crippen LogP contribution in [0, 0.1) is 0 Å². The molecule has 1 aliphatic rings. The van der Waals surface area contributed by atoms with Crippen molar-refractivity contribution in [3.63, 3.8) is 0 Å². The van der Waals surface area contributed by atoms with Crippen molar-refractivity contribution in [2.75, 3.05) is 0 Å². The summed E-state index contributed by atoms with van der Waals surface area (Å²) in [6.07, 6.45) is 0. The minimum atomic E-state index is -4.19. The van der Waals surface area contributed by atoms with Gasteiger partial charge >= 0.3 is 201 Å². The molecule has 0 amide bonds. The quantitative estimate of drug-likeness (QED) is 0.249. The molecule has 7 nitrogen and oxygen atoms in total. The second kappa shape index (κ2) is 8.08. The molecule has 8 N–H and O–H groups in total. The molecular formula is C24H28N7P3. The predicted molar refractivity (Wildman–Crippen MR) is 148 cm³/mol. The van der Waals surface area contributed by atoms with E-state index in [1.807, 2.05) is 121 Å². The molecule has 34 heavy (non-hydrogen) atoms. The summed E-state index contributed by atoms with van der Waals surface area (Å²) in [5, 5.41) is 3.24. The molecule has 10 heteroatoms. The Bertz CT molecular complexity index is 1260. The Balaban J connectivity index is 1.99. The van der Waals surface area contributed by atoms with Crippen LogP contribution < -0.4 is 43.9 Å². The Hall–Kier alpha value is -2.40. The topological polar surface area (TPSA) is 123 Å². The summed E-state index contributed by atoms with van der Waals surface area (Å²) in [6.45, 7) is 0. The summed E-state index contributed by atoms with van der Waals surface area (Å²) in [5.41, 5.74) is 15.5. The van der Waals surface area contributed by atoms with Gasteiger partial charge in [-0.1, -0.05) is 0 Å². The molecule has 0 bridgehead atoms. The van der Waals surface area contributed by atoms with E-state index in [0.29, 0.717) is 8.52 Å². The third-order valence-electron chi connectivity index (χ3n) is 6.62. The van der Waals surface area contributed by atoms with Gasteiger partial charge in [0.25, 0.3) is 0 Å². The molecule has 0 radical (unpaired) electrons. The van der Waals surface area contributed by atoms with E-state index in [0.717, 1.165) is 21.2 Å². The average molecular weight is 507 g/mol. The van der Waals surface area contributed by atoms with Crippen molar-refractivity contribution in [1.29, 1.82) is 0 Å². The summed E-state index contributed by atoms with van der Waals surface area (Å²) in [5.74, 6) is 14.2. The molecule has 174 valence electrons. The predicted octanol–water partition coefficient (Wildman–Crippen LogP) is 3.21. The molecule has 4 aromatic carbocycles. The van der Waals surface area contributed by atoms with E-state index in [2.05, 4.69) is 0 Å². The van der Waals surface area contributed by atoms with Gasteiger partial charge in [-0.3, -0.25) is 0 Å². The number of benzene rings is 4. The normalized spacial score (nSPS) is 23.5. The fraction of sp³-hybridized carbons (Fsp3) is 0. The number of hydrazine groups is 2. The first-order valence-corrected chi connectivity index (χ1v) is 16.0. The molecule has 0 saturated heterocycles. The van der Waals surface area contributed by atoms with Crippen LogP contribution in [0.4, 0.5) is 0 Å². The molecule has 1 heterocycles. The summed E-state index contributed by atoms with van der Waals surface area (Å²) >= 11 is 0. The first kappa shape index (κ1) is 23.3. The molecule has 0 aliphatic carbocycles. The van der Waals surface area contributed by atoms with Crippen molar-refractivity contribution in [2.24, 2.45) is 27.2 Å². The van der Waals surface area contributed by atoms with Crippen molar-refractivity contribution in [1.82, 2.24) is 9.10 Å². The summed E-state index contributed by atoms with van der Waals surface area (Å²) in [7, 11) is -7.90. The van der Waals surface area contributed by atoms with Crippen LogP contribution in [0.1, 0.15) is 0 Å². The Morgan fingerprint density at radius 3 is 1.21 bits per heavy atom. The van der Waals surface area contributed by atoms with E-state index in [1.54, 1.807) is 9.10 Å². The molecule has 1 aliphatic heterocycles. The average Bonchev–Trinajstić information content (AvgIpc) is 2.92. The van der Waals surface area contributed by atoms with Crippen molar-refractivity contribution >= 4 is 43.9 Å². The number of nitrogens with zero attached hydrogens (tertiary/aromatic N) is 3. The van der Waals surface area contributed by atoms with Crippen LogP contribution in [0.15, 0.2) is 126 Å². The summed E-state index contributed by atoms with van der Waals surface area (Å²) in [6, 6.07) is 39.2. The molecule has 0 saturated carbocycles. The fourth-order valence-corrected chi connectivity index (χ4v) is 18.9. The van der Waals surface area contributed by atoms with E-state index in [1.165, 1.54) is 0 Å². The van der Waals surface area contributed by atoms with Crippen LogP contribution >= 0.6 is 22.6 Å². The summed E-state index contributed by atoms with van der Waals surface area (Å²) in [4.78, 5) is 0. The van der Waals surface area contributed by atoms with Gasteiger partial charge in [0.2, 0.25) is 0 Å². The number of nitrogens with two attached hydrogens (primary N) is 4. The van der Waals surface area contributed by atoms with E-state index in [4.69, 9.17) is 27.2 Å². The molecule has 0 aromatic heterocycles. The number of hydrogen-bond acceptors (Lipinski definition) is 7. The van der Waals surface area contributed by atoms with Gasteiger partial charge in [0.1, 0.15) is 0 Å². The van der Waals surface area contributed by atoms with Gasteiger partial charge in [0.05, 0.1) is 0 Å². The van der Waals surface area contributed by atoms with Gasteiger partial charge in [0.15, 0.2) is 0 Å². The SMILES string of the molecule is NN1P=NP(N)(c2ccccc2)(c2ccccc2)N(N)P1(N)(c1ccccc1)c1ccccc1. The molecule has 4 aromatic rings. The fourth-order valence-electron chi connectivity index (χ4n) is 4.70. The second-order valence-corrected chi connectivity index (χ2v) is 18.0. The third kappa shape index (κ3) is 2.82. The molecule has 5 rings (SSSR count). The Morgan fingerprint density at radius 2 is 0.853 bits per heavy atom. The molecule has 0 atom stereocenters. The van der Waals surface area contributed by atoms with Crippen molar-refractivity contribution in [3.05, 3.63) is 121 Å². The van der Waals surface area contributed by atoms with E-state index in [-0.39, 0.29) is 0 Å². The van der Waals surface area contributed by atoms with E-state index >= 15 is 0 Å². The number of hydrogen-bond donors (Lipinski definition) is 4. The standard InChI is InChI=1S/C24H28N7P3/c25-30-32-29-33(27,21-13-5-1-6-14-21,22-15-7-2-8-16-22)31(26)34(30,28,23-17-9-3-10-18-23)24-19-11-4-12-20-24/h1-20H,25-28H2. The van der Waals surface area contributed by atoms with Crippen LogP contribution in [-0.2, 0) is 0 Å². The zero-order valence-corrected chi connectivity index (χ0v) is 21.2. The van der Waals surface area contributed by atoms with Crippen molar-refractivity contribution in [3.8, 4) is 0 Å². The third-order valence-corrected chi connectivity index (χ3v) is 19.8. The van der Waals surface area contributed by atoms with Crippen LogP contribution in [0.3, 0.4) is 0 Å². The van der Waals surface area contributed by atoms with Crippen LogP contribution in [0.5, 0.6) is 0 Å².